The van der Waals surface area contributed by atoms with E-state index >= 15 is 0 Å². The predicted octanol–water partition coefficient (Wildman–Crippen LogP) is 6.83. The van der Waals surface area contributed by atoms with Gasteiger partial charge in [-0.1, -0.05) is 35.9 Å². The fourth-order valence-corrected chi connectivity index (χ4v) is 5.98. The first-order chi connectivity index (χ1) is 18.6. The molecule has 1 aliphatic rings. The second-order valence-corrected chi connectivity index (χ2v) is 10.7. The van der Waals surface area contributed by atoms with E-state index in [0.717, 1.165) is 71.9 Å². The van der Waals surface area contributed by atoms with Crippen molar-refractivity contribution in [1.82, 2.24) is 14.9 Å². The summed E-state index contributed by atoms with van der Waals surface area (Å²) in [7, 11) is 0. The number of rotatable bonds is 8. The molecule has 1 saturated heterocycles. The van der Waals surface area contributed by atoms with E-state index in [-0.39, 0.29) is 12.4 Å². The molecule has 1 aliphatic heterocycles. The second kappa shape index (κ2) is 11.2. The van der Waals surface area contributed by atoms with Crippen LogP contribution in [0.15, 0.2) is 67.0 Å². The van der Waals surface area contributed by atoms with E-state index in [1.807, 2.05) is 12.1 Å². The normalized spacial score (nSPS) is 14.3. The lowest BCUT2D eigenvalue weighted by Gasteiger charge is -2.26. The van der Waals surface area contributed by atoms with Crippen molar-refractivity contribution in [2.24, 2.45) is 0 Å². The molecule has 38 heavy (non-hydrogen) atoms. The van der Waals surface area contributed by atoms with E-state index in [9.17, 15) is 4.39 Å². The van der Waals surface area contributed by atoms with E-state index in [0.29, 0.717) is 10.8 Å². The highest BCUT2D eigenvalue weighted by molar-refractivity contribution is 7.25. The summed E-state index contributed by atoms with van der Waals surface area (Å²) in [6, 6.07) is 18.5. The van der Waals surface area contributed by atoms with Crippen LogP contribution in [0.3, 0.4) is 0 Å². The van der Waals surface area contributed by atoms with Crippen molar-refractivity contribution in [3.8, 4) is 5.75 Å². The maximum Gasteiger partial charge on any atom is 0.143 e. The number of benzene rings is 3. The molecule has 9 heteroatoms. The Kier molecular flexibility index (Phi) is 7.38. The highest BCUT2D eigenvalue weighted by Gasteiger charge is 2.15. The maximum absolute atomic E-state index is 13.4. The van der Waals surface area contributed by atoms with Gasteiger partial charge in [0.15, 0.2) is 0 Å². The largest absolute Gasteiger partial charge is 0.487 e. The lowest BCUT2D eigenvalue weighted by Crippen LogP contribution is -2.37. The number of thiophene rings is 1. The second-order valence-electron chi connectivity index (χ2n) is 9.23. The molecule has 1 N–H and O–H groups in total. The Labute approximate surface area is 229 Å². The third kappa shape index (κ3) is 5.59. The molecular weight excluding hydrogens is 523 g/mol. The van der Waals surface area contributed by atoms with Gasteiger partial charge in [-0.15, -0.1) is 11.3 Å². The van der Waals surface area contributed by atoms with Crippen LogP contribution < -0.4 is 10.1 Å². The van der Waals surface area contributed by atoms with Gasteiger partial charge in [0.05, 0.1) is 23.6 Å². The molecule has 2 aromatic heterocycles. The fraction of sp³-hybridized carbons (Fsp3) is 0.241. The molecule has 3 aromatic carbocycles. The molecule has 1 fully saturated rings. The van der Waals surface area contributed by atoms with Gasteiger partial charge in [-0.05, 0) is 53.9 Å². The summed E-state index contributed by atoms with van der Waals surface area (Å²) in [6.45, 7) is 4.90. The summed E-state index contributed by atoms with van der Waals surface area (Å²) >= 11 is 8.18. The SMILES string of the molecule is Fc1cccc(COc2ccc(Nc3ncnc4sc5cc(CCN6CCOCC6)ccc5c34)cc2Cl)c1. The minimum Gasteiger partial charge on any atom is -0.487 e. The molecule has 194 valence electrons. The highest BCUT2D eigenvalue weighted by Crippen LogP contribution is 2.38. The number of aromatic nitrogens is 2. The number of hydrogen-bond donors (Lipinski definition) is 1. The molecule has 0 atom stereocenters. The summed E-state index contributed by atoms with van der Waals surface area (Å²) in [6.07, 6.45) is 2.59. The Hall–Kier alpha value is -3.30. The lowest BCUT2D eigenvalue weighted by atomic mass is 10.1. The van der Waals surface area contributed by atoms with Crippen LogP contribution in [0.2, 0.25) is 5.02 Å². The number of nitrogens with zero attached hydrogens (tertiary/aromatic N) is 3. The first-order valence-corrected chi connectivity index (χ1v) is 13.7. The van der Waals surface area contributed by atoms with Gasteiger partial charge in [0.2, 0.25) is 0 Å². The summed E-state index contributed by atoms with van der Waals surface area (Å²) in [5, 5.41) is 5.98. The average Bonchev–Trinajstić information content (AvgIpc) is 3.31. The van der Waals surface area contributed by atoms with Crippen LogP contribution in [-0.2, 0) is 17.8 Å². The highest BCUT2D eigenvalue weighted by atomic mass is 35.5. The molecule has 3 heterocycles. The Balaban J connectivity index is 1.19. The third-order valence-electron chi connectivity index (χ3n) is 6.63. The van der Waals surface area contributed by atoms with Crippen LogP contribution >= 0.6 is 22.9 Å². The minimum absolute atomic E-state index is 0.228. The van der Waals surface area contributed by atoms with Crippen LogP contribution in [0.25, 0.3) is 20.3 Å². The molecule has 0 amide bonds. The number of fused-ring (bicyclic) bond motifs is 3. The van der Waals surface area contributed by atoms with E-state index in [2.05, 4.69) is 38.4 Å². The Morgan fingerprint density at radius 2 is 1.92 bits per heavy atom. The van der Waals surface area contributed by atoms with Crippen LogP contribution in [0, 0.1) is 5.82 Å². The van der Waals surface area contributed by atoms with Gasteiger partial charge in [-0.2, -0.15) is 0 Å². The zero-order valence-corrected chi connectivity index (χ0v) is 22.2. The van der Waals surface area contributed by atoms with E-state index in [4.69, 9.17) is 21.1 Å². The zero-order chi connectivity index (χ0) is 25.9. The molecule has 0 unspecified atom stereocenters. The first-order valence-electron chi connectivity index (χ1n) is 12.5. The maximum atomic E-state index is 13.4. The Bertz CT molecular complexity index is 1590. The number of hydrogen-bond acceptors (Lipinski definition) is 7. The van der Waals surface area contributed by atoms with Crippen molar-refractivity contribution in [2.45, 2.75) is 13.0 Å². The summed E-state index contributed by atoms with van der Waals surface area (Å²) < 4.78 is 25.9. The van der Waals surface area contributed by atoms with Gasteiger partial charge in [-0.25, -0.2) is 14.4 Å². The number of halogens is 2. The number of anilines is 2. The molecule has 5 aromatic rings. The van der Waals surface area contributed by atoms with Gasteiger partial charge in [0.1, 0.15) is 35.1 Å². The minimum atomic E-state index is -0.293. The standard InChI is InChI=1S/C29H26ClFN4O2S/c30-24-16-22(5-7-25(24)37-17-20-2-1-3-21(31)14-20)34-28-27-23-6-4-19(8-9-35-10-12-36-13-11-35)15-26(23)38-29(27)33-18-32-28/h1-7,14-16,18H,8-13,17H2,(H,32,33,34). The van der Waals surface area contributed by atoms with Crippen molar-refractivity contribution < 1.29 is 13.9 Å². The van der Waals surface area contributed by atoms with Crippen molar-refractivity contribution in [1.29, 1.82) is 0 Å². The summed E-state index contributed by atoms with van der Waals surface area (Å²) in [5.41, 5.74) is 2.84. The van der Waals surface area contributed by atoms with Crippen LogP contribution in [0.4, 0.5) is 15.9 Å². The van der Waals surface area contributed by atoms with Gasteiger partial charge < -0.3 is 14.8 Å². The average molecular weight is 549 g/mol. The summed E-state index contributed by atoms with van der Waals surface area (Å²) in [4.78, 5) is 12.5. The van der Waals surface area contributed by atoms with Crippen molar-refractivity contribution in [3.05, 3.63) is 89.0 Å². The van der Waals surface area contributed by atoms with Crippen LogP contribution in [0.1, 0.15) is 11.1 Å². The van der Waals surface area contributed by atoms with Crippen molar-refractivity contribution in [3.63, 3.8) is 0 Å². The van der Waals surface area contributed by atoms with E-state index in [1.165, 1.54) is 22.4 Å². The molecule has 0 radical (unpaired) electrons. The smallest absolute Gasteiger partial charge is 0.143 e. The third-order valence-corrected chi connectivity index (χ3v) is 7.99. The zero-order valence-electron chi connectivity index (χ0n) is 20.6. The van der Waals surface area contributed by atoms with Crippen molar-refractivity contribution in [2.75, 3.05) is 38.2 Å². The number of ether oxygens (including phenoxy) is 2. The van der Waals surface area contributed by atoms with Crippen molar-refractivity contribution >= 4 is 54.7 Å². The lowest BCUT2D eigenvalue weighted by molar-refractivity contribution is 0.0384. The summed E-state index contributed by atoms with van der Waals surface area (Å²) in [5.74, 6) is 0.963. The monoisotopic (exact) mass is 548 g/mol. The molecular formula is C29H26ClFN4O2S. The van der Waals surface area contributed by atoms with Gasteiger partial charge in [-0.3, -0.25) is 4.90 Å². The Morgan fingerprint density at radius 3 is 2.76 bits per heavy atom. The van der Waals surface area contributed by atoms with Crippen LogP contribution in [0.5, 0.6) is 5.75 Å². The molecule has 0 bridgehead atoms. The molecule has 6 rings (SSSR count). The number of morpholine rings is 1. The molecule has 0 spiro atoms. The predicted molar refractivity (Wildman–Crippen MR) is 151 cm³/mol. The molecule has 0 saturated carbocycles. The molecule has 0 aliphatic carbocycles. The van der Waals surface area contributed by atoms with Crippen LogP contribution in [-0.4, -0.2) is 47.7 Å². The van der Waals surface area contributed by atoms with E-state index in [1.54, 1.807) is 35.9 Å². The molecule has 6 nitrogen and oxygen atoms in total. The topological polar surface area (TPSA) is 59.5 Å². The Morgan fingerprint density at radius 1 is 1.03 bits per heavy atom. The first kappa shape index (κ1) is 25.0. The quantitative estimate of drug-likeness (QED) is 0.229. The van der Waals surface area contributed by atoms with Gasteiger partial charge >= 0.3 is 0 Å². The number of nitrogens with one attached hydrogen (secondary N) is 1. The van der Waals surface area contributed by atoms with Gasteiger partial charge in [0.25, 0.3) is 0 Å². The fourth-order valence-electron chi connectivity index (χ4n) is 4.63. The van der Waals surface area contributed by atoms with Gasteiger partial charge in [0, 0.05) is 35.4 Å². The van der Waals surface area contributed by atoms with E-state index < -0.39 is 0 Å².